The molecule has 1 aliphatic carbocycles. The Morgan fingerprint density at radius 3 is 2.49 bits per heavy atom. The van der Waals surface area contributed by atoms with Gasteiger partial charge in [-0.1, -0.05) is 12.1 Å². The van der Waals surface area contributed by atoms with E-state index in [1.165, 1.54) is 12.8 Å². The molecular formula is C28H25N5O2. The van der Waals surface area contributed by atoms with E-state index in [2.05, 4.69) is 28.2 Å². The zero-order valence-corrected chi connectivity index (χ0v) is 19.6. The Kier molecular flexibility index (Phi) is 4.22. The fraction of sp³-hybridized carbons (Fsp3) is 0.286. The number of carbonyl (C=O) groups excluding carboxylic acids is 2. The van der Waals surface area contributed by atoms with Crippen molar-refractivity contribution in [1.29, 1.82) is 0 Å². The summed E-state index contributed by atoms with van der Waals surface area (Å²) in [5.41, 5.74) is 6.78. The van der Waals surface area contributed by atoms with Crippen LogP contribution in [-0.2, 0) is 11.3 Å². The summed E-state index contributed by atoms with van der Waals surface area (Å²) in [7, 11) is 1.83. The van der Waals surface area contributed by atoms with Gasteiger partial charge in [0, 0.05) is 73.9 Å². The van der Waals surface area contributed by atoms with E-state index < -0.39 is 0 Å². The van der Waals surface area contributed by atoms with E-state index in [-0.39, 0.29) is 17.2 Å². The summed E-state index contributed by atoms with van der Waals surface area (Å²) in [6.45, 7) is 2.27. The molecule has 0 bridgehead atoms. The van der Waals surface area contributed by atoms with Crippen molar-refractivity contribution in [3.8, 4) is 22.3 Å². The largest absolute Gasteiger partial charge is 0.339 e. The van der Waals surface area contributed by atoms with Gasteiger partial charge in [-0.15, -0.1) is 0 Å². The fourth-order valence-electron chi connectivity index (χ4n) is 5.57. The first-order valence-corrected chi connectivity index (χ1v) is 12.1. The van der Waals surface area contributed by atoms with Gasteiger partial charge >= 0.3 is 0 Å². The highest BCUT2D eigenvalue weighted by Crippen LogP contribution is 2.53. The number of aromatic nitrogens is 3. The number of amides is 2. The molecule has 4 aromatic rings. The Labute approximate surface area is 203 Å². The predicted molar refractivity (Wildman–Crippen MR) is 134 cm³/mol. The molecule has 174 valence electrons. The van der Waals surface area contributed by atoms with Crippen molar-refractivity contribution in [3.63, 3.8) is 0 Å². The topological polar surface area (TPSA) is 71.3 Å². The molecule has 1 aromatic carbocycles. The van der Waals surface area contributed by atoms with E-state index in [0.29, 0.717) is 18.7 Å². The van der Waals surface area contributed by atoms with Crippen molar-refractivity contribution in [2.45, 2.75) is 25.8 Å². The lowest BCUT2D eigenvalue weighted by atomic mass is 10.0. The number of hydrogen-bond donors (Lipinski definition) is 0. The molecule has 2 aliphatic heterocycles. The van der Waals surface area contributed by atoms with Crippen LogP contribution in [-0.4, -0.2) is 51.4 Å². The molecule has 7 rings (SSSR count). The van der Waals surface area contributed by atoms with E-state index in [1.807, 2.05) is 53.2 Å². The molecule has 3 aromatic heterocycles. The summed E-state index contributed by atoms with van der Waals surface area (Å²) in [5.74, 6) is 0.261. The standard InChI is InChI=1S/C28H25N5O2/c1-31-10-11-32-24(27(31)35)13-23-22(6-9-30-26(23)32)20-12-19(15-29-16-20)18-2-4-21(5-3-18)33-17-28(7-8-28)14-25(33)34/h2-6,9,12-13,15-16H,7-8,10-11,14,17H2,1H3. The van der Waals surface area contributed by atoms with E-state index in [4.69, 9.17) is 0 Å². The third-order valence-electron chi connectivity index (χ3n) is 7.86. The van der Waals surface area contributed by atoms with Crippen LogP contribution in [0.1, 0.15) is 29.8 Å². The minimum absolute atomic E-state index is 0.0243. The molecule has 0 N–H and O–H groups in total. The normalized spacial score (nSPS) is 18.5. The second kappa shape index (κ2) is 7.25. The van der Waals surface area contributed by atoms with Crippen LogP contribution in [0.25, 0.3) is 33.3 Å². The second-order valence-electron chi connectivity index (χ2n) is 10.2. The monoisotopic (exact) mass is 463 g/mol. The maximum atomic E-state index is 12.7. The number of anilines is 1. The average Bonchev–Trinajstić information content (AvgIpc) is 3.39. The van der Waals surface area contributed by atoms with E-state index in [9.17, 15) is 9.59 Å². The van der Waals surface area contributed by atoms with Crippen LogP contribution in [0, 0.1) is 5.41 Å². The minimum Gasteiger partial charge on any atom is -0.339 e. The minimum atomic E-state index is 0.0243. The Bertz CT molecular complexity index is 1520. The van der Waals surface area contributed by atoms with Gasteiger partial charge in [0.15, 0.2) is 0 Å². The molecule has 0 atom stereocenters. The van der Waals surface area contributed by atoms with Gasteiger partial charge in [-0.05, 0) is 59.7 Å². The van der Waals surface area contributed by atoms with E-state index >= 15 is 0 Å². The molecule has 5 heterocycles. The maximum Gasteiger partial charge on any atom is 0.270 e. The maximum absolute atomic E-state index is 12.7. The average molecular weight is 464 g/mol. The number of nitrogens with zero attached hydrogens (tertiary/aromatic N) is 5. The smallest absolute Gasteiger partial charge is 0.270 e. The van der Waals surface area contributed by atoms with Gasteiger partial charge in [-0.2, -0.15) is 0 Å². The summed E-state index contributed by atoms with van der Waals surface area (Å²) in [5, 5.41) is 0.960. The Balaban J connectivity index is 1.23. The highest BCUT2D eigenvalue weighted by atomic mass is 16.2. The molecule has 0 unspecified atom stereocenters. The number of benzene rings is 1. The number of carbonyl (C=O) groups is 2. The van der Waals surface area contributed by atoms with Crippen molar-refractivity contribution < 1.29 is 9.59 Å². The third-order valence-corrected chi connectivity index (χ3v) is 7.86. The molecule has 2 fully saturated rings. The molecule has 0 radical (unpaired) electrons. The first-order chi connectivity index (χ1) is 17.0. The van der Waals surface area contributed by atoms with E-state index in [0.717, 1.165) is 52.1 Å². The van der Waals surface area contributed by atoms with Gasteiger partial charge < -0.3 is 14.4 Å². The number of pyridine rings is 2. The van der Waals surface area contributed by atoms with Gasteiger partial charge in [0.25, 0.3) is 5.91 Å². The van der Waals surface area contributed by atoms with Crippen LogP contribution < -0.4 is 4.90 Å². The highest BCUT2D eigenvalue weighted by molar-refractivity contribution is 6.03. The molecule has 1 saturated carbocycles. The fourth-order valence-corrected chi connectivity index (χ4v) is 5.57. The van der Waals surface area contributed by atoms with Crippen LogP contribution in [0.4, 0.5) is 5.69 Å². The third kappa shape index (κ3) is 3.18. The van der Waals surface area contributed by atoms with Crippen LogP contribution in [0.2, 0.25) is 0 Å². The first kappa shape index (κ1) is 20.4. The zero-order chi connectivity index (χ0) is 23.7. The van der Waals surface area contributed by atoms with Crippen molar-refractivity contribution in [1.82, 2.24) is 19.4 Å². The Hall–Kier alpha value is -4.00. The first-order valence-electron chi connectivity index (χ1n) is 12.1. The quantitative estimate of drug-likeness (QED) is 0.452. The van der Waals surface area contributed by atoms with Crippen LogP contribution >= 0.6 is 0 Å². The lowest BCUT2D eigenvalue weighted by Crippen LogP contribution is -2.36. The second-order valence-corrected chi connectivity index (χ2v) is 10.2. The summed E-state index contributed by atoms with van der Waals surface area (Å²) in [4.78, 5) is 38.0. The highest BCUT2D eigenvalue weighted by Gasteiger charge is 2.51. The van der Waals surface area contributed by atoms with Crippen molar-refractivity contribution in [3.05, 3.63) is 66.7 Å². The molecule has 1 spiro atoms. The molecular weight excluding hydrogens is 438 g/mol. The van der Waals surface area contributed by atoms with Gasteiger partial charge in [0.1, 0.15) is 11.3 Å². The molecule has 35 heavy (non-hydrogen) atoms. The lowest BCUT2D eigenvalue weighted by molar-refractivity contribution is -0.117. The molecule has 2 amide bonds. The Morgan fingerprint density at radius 2 is 1.71 bits per heavy atom. The Morgan fingerprint density at radius 1 is 0.914 bits per heavy atom. The van der Waals surface area contributed by atoms with Crippen LogP contribution in [0.3, 0.4) is 0 Å². The lowest BCUT2D eigenvalue weighted by Gasteiger charge is -2.24. The van der Waals surface area contributed by atoms with Crippen molar-refractivity contribution in [2.24, 2.45) is 5.41 Å². The number of rotatable bonds is 3. The van der Waals surface area contributed by atoms with E-state index in [1.54, 1.807) is 11.1 Å². The zero-order valence-electron chi connectivity index (χ0n) is 19.6. The molecule has 7 heteroatoms. The van der Waals surface area contributed by atoms with Gasteiger partial charge in [0.2, 0.25) is 5.91 Å². The van der Waals surface area contributed by atoms with Crippen LogP contribution in [0.5, 0.6) is 0 Å². The van der Waals surface area contributed by atoms with Gasteiger partial charge in [-0.25, -0.2) is 4.98 Å². The van der Waals surface area contributed by atoms with Crippen molar-refractivity contribution in [2.75, 3.05) is 25.0 Å². The number of hydrogen-bond acceptors (Lipinski definition) is 4. The van der Waals surface area contributed by atoms with Gasteiger partial charge in [-0.3, -0.25) is 14.6 Å². The summed E-state index contributed by atoms with van der Waals surface area (Å²) < 4.78 is 2.02. The van der Waals surface area contributed by atoms with Crippen molar-refractivity contribution >= 4 is 28.5 Å². The van der Waals surface area contributed by atoms with Crippen LogP contribution in [0.15, 0.2) is 61.1 Å². The summed E-state index contributed by atoms with van der Waals surface area (Å²) >= 11 is 0. The molecule has 7 nitrogen and oxygen atoms in total. The van der Waals surface area contributed by atoms with Gasteiger partial charge in [0.05, 0.1) is 0 Å². The number of likely N-dealkylation sites (N-methyl/N-ethyl adjacent to an activating group) is 1. The summed E-state index contributed by atoms with van der Waals surface area (Å²) in [6.07, 6.45) is 8.55. The number of fused-ring (bicyclic) bond motifs is 3. The SMILES string of the molecule is CN1CCn2c(cc3c(-c4cncc(-c5ccc(N6CC7(CC7)CC6=O)cc5)c4)ccnc32)C1=O. The predicted octanol–water partition coefficient (Wildman–Crippen LogP) is 4.37. The summed E-state index contributed by atoms with van der Waals surface area (Å²) in [6, 6.07) is 14.3. The molecule has 3 aliphatic rings. The molecule has 1 saturated heterocycles.